The molecule has 0 saturated heterocycles. The number of aliphatic hydroxyl groups excluding tert-OH is 1. The SMILES string of the molecule is CC(C)(C#CCO)c1ccc2[nH]cc(C(=O)NCc3ccc(Cl)cc3)c(=O)c2c1. The summed E-state index contributed by atoms with van der Waals surface area (Å²) in [7, 11) is 0. The third-order valence-electron chi connectivity index (χ3n) is 4.69. The average Bonchev–Trinajstić information content (AvgIpc) is 2.71. The van der Waals surface area contributed by atoms with Gasteiger partial charge in [-0.3, -0.25) is 9.59 Å². The normalized spacial score (nSPS) is 11.0. The summed E-state index contributed by atoms with van der Waals surface area (Å²) in [6, 6.07) is 12.5. The third-order valence-corrected chi connectivity index (χ3v) is 4.95. The predicted octanol–water partition coefficient (Wildman–Crippen LogP) is 3.38. The van der Waals surface area contributed by atoms with Gasteiger partial charge in [-0.2, -0.15) is 0 Å². The molecule has 1 heterocycles. The Labute approximate surface area is 173 Å². The summed E-state index contributed by atoms with van der Waals surface area (Å²) in [6.45, 7) is 3.88. The van der Waals surface area contributed by atoms with Gasteiger partial charge in [0.25, 0.3) is 5.91 Å². The molecule has 0 atom stereocenters. The Bertz CT molecular complexity index is 1170. The van der Waals surface area contributed by atoms with Crippen LogP contribution in [-0.2, 0) is 12.0 Å². The number of nitrogens with one attached hydrogen (secondary N) is 2. The highest BCUT2D eigenvalue weighted by atomic mass is 35.5. The third kappa shape index (κ3) is 4.68. The second kappa shape index (κ2) is 8.52. The highest BCUT2D eigenvalue weighted by molar-refractivity contribution is 6.30. The van der Waals surface area contributed by atoms with Crippen molar-refractivity contribution in [2.24, 2.45) is 0 Å². The van der Waals surface area contributed by atoms with Gasteiger partial charge in [0.05, 0.1) is 5.41 Å². The van der Waals surface area contributed by atoms with E-state index < -0.39 is 11.3 Å². The molecule has 0 aliphatic heterocycles. The van der Waals surface area contributed by atoms with Crippen molar-refractivity contribution in [3.8, 4) is 11.8 Å². The fourth-order valence-electron chi connectivity index (χ4n) is 2.99. The minimum absolute atomic E-state index is 0.0443. The number of amides is 1. The molecule has 5 nitrogen and oxygen atoms in total. The number of aliphatic hydroxyl groups is 1. The topological polar surface area (TPSA) is 82.2 Å². The van der Waals surface area contributed by atoms with E-state index in [2.05, 4.69) is 22.1 Å². The summed E-state index contributed by atoms with van der Waals surface area (Å²) in [5.74, 6) is 5.20. The molecule has 1 amide bonds. The van der Waals surface area contributed by atoms with E-state index >= 15 is 0 Å². The maximum absolute atomic E-state index is 12.9. The van der Waals surface area contributed by atoms with Crippen molar-refractivity contribution in [3.05, 3.63) is 80.6 Å². The first-order chi connectivity index (χ1) is 13.8. The Morgan fingerprint density at radius 2 is 1.93 bits per heavy atom. The van der Waals surface area contributed by atoms with Crippen LogP contribution in [-0.4, -0.2) is 22.6 Å². The fraction of sp³-hybridized carbons (Fsp3) is 0.217. The van der Waals surface area contributed by atoms with Gasteiger partial charge < -0.3 is 15.4 Å². The van der Waals surface area contributed by atoms with E-state index in [1.807, 2.05) is 32.0 Å². The Hall–Kier alpha value is -3.07. The standard InChI is InChI=1S/C23H21ClN2O3/c1-23(2,10-3-11-27)16-6-9-20-18(12-16)21(28)19(14-25-20)22(29)26-13-15-4-7-17(24)8-5-15/h4-9,12,14,27H,11,13H2,1-2H3,(H,25,28)(H,26,29). The summed E-state index contributed by atoms with van der Waals surface area (Å²) in [5.41, 5.74) is 1.50. The summed E-state index contributed by atoms with van der Waals surface area (Å²) in [4.78, 5) is 28.5. The van der Waals surface area contributed by atoms with E-state index in [0.717, 1.165) is 11.1 Å². The lowest BCUT2D eigenvalue weighted by atomic mass is 9.84. The number of pyridine rings is 1. The zero-order chi connectivity index (χ0) is 21.0. The van der Waals surface area contributed by atoms with E-state index in [1.54, 1.807) is 24.3 Å². The van der Waals surface area contributed by atoms with Crippen LogP contribution in [0, 0.1) is 11.8 Å². The molecule has 0 spiro atoms. The van der Waals surface area contributed by atoms with E-state index in [1.165, 1.54) is 6.20 Å². The molecule has 0 bridgehead atoms. The molecule has 2 aromatic carbocycles. The smallest absolute Gasteiger partial charge is 0.257 e. The van der Waals surface area contributed by atoms with Crippen molar-refractivity contribution in [1.29, 1.82) is 0 Å². The van der Waals surface area contributed by atoms with Crippen LogP contribution in [0.15, 0.2) is 53.5 Å². The van der Waals surface area contributed by atoms with Gasteiger partial charge in [-0.05, 0) is 49.2 Å². The molecule has 1 aromatic heterocycles. The molecule has 3 rings (SSSR count). The Morgan fingerprint density at radius 1 is 1.21 bits per heavy atom. The number of H-pyrrole nitrogens is 1. The highest BCUT2D eigenvalue weighted by Gasteiger charge is 2.20. The first-order valence-corrected chi connectivity index (χ1v) is 9.49. The van der Waals surface area contributed by atoms with Crippen LogP contribution in [0.2, 0.25) is 5.02 Å². The maximum Gasteiger partial charge on any atom is 0.257 e. The van der Waals surface area contributed by atoms with Gasteiger partial charge in [0, 0.05) is 28.7 Å². The highest BCUT2D eigenvalue weighted by Crippen LogP contribution is 2.24. The number of benzene rings is 2. The maximum atomic E-state index is 12.9. The van der Waals surface area contributed by atoms with Gasteiger partial charge in [-0.25, -0.2) is 0 Å². The lowest BCUT2D eigenvalue weighted by molar-refractivity contribution is 0.0949. The number of aromatic nitrogens is 1. The minimum atomic E-state index is -0.545. The van der Waals surface area contributed by atoms with Crippen molar-refractivity contribution < 1.29 is 9.90 Å². The van der Waals surface area contributed by atoms with E-state index in [9.17, 15) is 9.59 Å². The Morgan fingerprint density at radius 3 is 2.62 bits per heavy atom. The quantitative estimate of drug-likeness (QED) is 0.579. The molecule has 0 fully saturated rings. The van der Waals surface area contributed by atoms with Crippen molar-refractivity contribution in [3.63, 3.8) is 0 Å². The van der Waals surface area contributed by atoms with E-state index in [0.29, 0.717) is 15.9 Å². The Kier molecular flexibility index (Phi) is 6.07. The van der Waals surface area contributed by atoms with Crippen molar-refractivity contribution in [1.82, 2.24) is 10.3 Å². The van der Waals surface area contributed by atoms with Gasteiger partial charge >= 0.3 is 0 Å². The van der Waals surface area contributed by atoms with Crippen molar-refractivity contribution in [2.45, 2.75) is 25.8 Å². The molecule has 3 N–H and O–H groups in total. The second-order valence-electron chi connectivity index (χ2n) is 7.19. The van der Waals surface area contributed by atoms with Gasteiger partial charge in [0.2, 0.25) is 5.43 Å². The molecule has 0 aliphatic carbocycles. The van der Waals surface area contributed by atoms with Gasteiger partial charge in [0.1, 0.15) is 12.2 Å². The summed E-state index contributed by atoms with van der Waals surface area (Å²) < 4.78 is 0. The summed E-state index contributed by atoms with van der Waals surface area (Å²) >= 11 is 5.87. The largest absolute Gasteiger partial charge is 0.384 e. The van der Waals surface area contributed by atoms with Crippen LogP contribution in [0.25, 0.3) is 10.9 Å². The molecule has 6 heteroatoms. The molecule has 0 radical (unpaired) electrons. The fourth-order valence-corrected chi connectivity index (χ4v) is 3.11. The number of hydrogen-bond acceptors (Lipinski definition) is 3. The summed E-state index contributed by atoms with van der Waals surface area (Å²) in [5, 5.41) is 12.8. The summed E-state index contributed by atoms with van der Waals surface area (Å²) in [6.07, 6.45) is 1.43. The molecule has 29 heavy (non-hydrogen) atoms. The second-order valence-corrected chi connectivity index (χ2v) is 7.62. The Balaban J connectivity index is 1.90. The van der Waals surface area contributed by atoms with Crippen LogP contribution >= 0.6 is 11.6 Å². The monoisotopic (exact) mass is 408 g/mol. The van der Waals surface area contributed by atoms with Gasteiger partial charge in [0.15, 0.2) is 0 Å². The molecular weight excluding hydrogens is 388 g/mol. The number of hydrogen-bond donors (Lipinski definition) is 3. The van der Waals surface area contributed by atoms with Crippen LogP contribution < -0.4 is 10.7 Å². The minimum Gasteiger partial charge on any atom is -0.384 e. The van der Waals surface area contributed by atoms with E-state index in [-0.39, 0.29) is 24.1 Å². The molecule has 148 valence electrons. The first kappa shape index (κ1) is 20.7. The van der Waals surface area contributed by atoms with Gasteiger partial charge in [-0.15, -0.1) is 0 Å². The molecule has 0 saturated carbocycles. The lowest BCUT2D eigenvalue weighted by Crippen LogP contribution is -2.28. The van der Waals surface area contributed by atoms with Gasteiger partial charge in [-0.1, -0.05) is 41.6 Å². The van der Waals surface area contributed by atoms with Crippen molar-refractivity contribution >= 4 is 28.4 Å². The zero-order valence-electron chi connectivity index (χ0n) is 16.2. The number of fused-ring (bicyclic) bond motifs is 1. The van der Waals surface area contributed by atoms with Crippen molar-refractivity contribution in [2.75, 3.05) is 6.61 Å². The zero-order valence-corrected chi connectivity index (χ0v) is 16.9. The molecule has 0 unspecified atom stereocenters. The van der Waals surface area contributed by atoms with Crippen LogP contribution in [0.4, 0.5) is 0 Å². The van der Waals surface area contributed by atoms with Crippen LogP contribution in [0.3, 0.4) is 0 Å². The number of carbonyl (C=O) groups excluding carboxylic acids is 1. The van der Waals surface area contributed by atoms with Crippen LogP contribution in [0.5, 0.6) is 0 Å². The van der Waals surface area contributed by atoms with E-state index in [4.69, 9.17) is 16.7 Å². The van der Waals surface area contributed by atoms with Crippen LogP contribution in [0.1, 0.15) is 35.3 Å². The number of carbonyl (C=O) groups is 1. The molecular formula is C23H21ClN2O3. The molecule has 0 aliphatic rings. The lowest BCUT2D eigenvalue weighted by Gasteiger charge is -2.18. The number of aromatic amines is 1. The number of rotatable bonds is 4. The molecule has 3 aromatic rings. The predicted molar refractivity (Wildman–Crippen MR) is 115 cm³/mol. The first-order valence-electron chi connectivity index (χ1n) is 9.11. The average molecular weight is 409 g/mol. The number of halogens is 1.